The maximum Gasteiger partial charge on any atom is 0.118 e. The van der Waals surface area contributed by atoms with Crippen LogP contribution in [0.25, 0.3) is 0 Å². The third-order valence-electron chi connectivity index (χ3n) is 2.83. The van der Waals surface area contributed by atoms with Crippen LogP contribution in [0.5, 0.6) is 5.75 Å². The van der Waals surface area contributed by atoms with E-state index in [4.69, 9.17) is 0 Å². The highest BCUT2D eigenvalue weighted by atomic mass is 19.1. The van der Waals surface area contributed by atoms with Crippen LogP contribution in [0, 0.1) is 0 Å². The number of alkyl halides is 1. The Morgan fingerprint density at radius 3 is 2.56 bits per heavy atom. The summed E-state index contributed by atoms with van der Waals surface area (Å²) in [4.78, 5) is 0. The van der Waals surface area contributed by atoms with E-state index in [0.717, 1.165) is 31.2 Å². The van der Waals surface area contributed by atoms with Crippen molar-refractivity contribution in [1.29, 1.82) is 0 Å². The Balaban J connectivity index is 2.23. The zero-order chi connectivity index (χ0) is 11.8. The van der Waals surface area contributed by atoms with Crippen molar-refractivity contribution in [1.82, 2.24) is 0 Å². The van der Waals surface area contributed by atoms with E-state index in [1.54, 1.807) is 12.1 Å². The molecule has 1 unspecified atom stereocenters. The number of para-hydroxylation sites is 1. The van der Waals surface area contributed by atoms with Crippen molar-refractivity contribution in [2.45, 2.75) is 51.6 Å². The molecule has 1 atom stereocenters. The molecule has 1 aromatic rings. The minimum Gasteiger partial charge on any atom is -0.508 e. The number of halogens is 1. The lowest BCUT2D eigenvalue weighted by Crippen LogP contribution is -2.00. The lowest BCUT2D eigenvalue weighted by atomic mass is 10.0. The summed E-state index contributed by atoms with van der Waals surface area (Å²) in [5, 5.41) is 9.52. The average molecular weight is 224 g/mol. The molecule has 0 spiro atoms. The van der Waals surface area contributed by atoms with Crippen molar-refractivity contribution in [3.63, 3.8) is 0 Å². The third kappa shape index (κ3) is 4.65. The highest BCUT2D eigenvalue weighted by molar-refractivity contribution is 5.31. The van der Waals surface area contributed by atoms with Gasteiger partial charge in [-0.3, -0.25) is 0 Å². The minimum absolute atomic E-state index is 0.325. The Morgan fingerprint density at radius 2 is 1.88 bits per heavy atom. The van der Waals surface area contributed by atoms with E-state index in [2.05, 4.69) is 6.92 Å². The quantitative estimate of drug-likeness (QED) is 0.734. The standard InChI is InChI=1S/C14H21FO/c1-2-3-9-13(15)10-6-8-12-7-4-5-11-14(12)16/h4-5,7,11,13,16H,2-3,6,8-10H2,1H3. The van der Waals surface area contributed by atoms with Gasteiger partial charge in [-0.2, -0.15) is 0 Å². The number of phenols is 1. The van der Waals surface area contributed by atoms with Gasteiger partial charge in [-0.15, -0.1) is 0 Å². The molecule has 90 valence electrons. The molecule has 0 saturated heterocycles. The molecule has 0 radical (unpaired) electrons. The van der Waals surface area contributed by atoms with E-state index >= 15 is 0 Å². The summed E-state index contributed by atoms with van der Waals surface area (Å²) in [7, 11) is 0. The van der Waals surface area contributed by atoms with Gasteiger partial charge in [0.05, 0.1) is 0 Å². The van der Waals surface area contributed by atoms with Crippen molar-refractivity contribution in [2.24, 2.45) is 0 Å². The zero-order valence-electron chi connectivity index (χ0n) is 9.95. The first-order valence-electron chi connectivity index (χ1n) is 6.15. The summed E-state index contributed by atoms with van der Waals surface area (Å²) >= 11 is 0. The second kappa shape index (κ2) is 7.26. The van der Waals surface area contributed by atoms with Crippen LogP contribution < -0.4 is 0 Å². The topological polar surface area (TPSA) is 20.2 Å². The summed E-state index contributed by atoms with van der Waals surface area (Å²) in [6.45, 7) is 2.08. The average Bonchev–Trinajstić information content (AvgIpc) is 2.29. The molecular weight excluding hydrogens is 203 g/mol. The van der Waals surface area contributed by atoms with E-state index in [1.165, 1.54) is 0 Å². The lowest BCUT2D eigenvalue weighted by Gasteiger charge is -2.08. The molecule has 1 N–H and O–H groups in total. The molecule has 1 aromatic carbocycles. The van der Waals surface area contributed by atoms with Gasteiger partial charge in [-0.1, -0.05) is 38.0 Å². The SMILES string of the molecule is CCCCC(F)CCCc1ccccc1O. The molecule has 0 aliphatic rings. The van der Waals surface area contributed by atoms with Gasteiger partial charge in [0.15, 0.2) is 0 Å². The summed E-state index contributed by atoms with van der Waals surface area (Å²) in [5.74, 6) is 0.325. The molecule has 0 aromatic heterocycles. The molecule has 0 aliphatic heterocycles. The molecule has 1 nitrogen and oxygen atoms in total. The highest BCUT2D eigenvalue weighted by Gasteiger charge is 2.06. The van der Waals surface area contributed by atoms with Crippen molar-refractivity contribution in [3.05, 3.63) is 29.8 Å². The smallest absolute Gasteiger partial charge is 0.118 e. The largest absolute Gasteiger partial charge is 0.508 e. The van der Waals surface area contributed by atoms with Crippen molar-refractivity contribution >= 4 is 0 Å². The summed E-state index contributed by atoms with van der Waals surface area (Å²) in [6.07, 6.45) is 4.20. The first-order chi connectivity index (χ1) is 7.74. The van der Waals surface area contributed by atoms with Crippen LogP contribution in [0.1, 0.15) is 44.6 Å². The van der Waals surface area contributed by atoms with Crippen LogP contribution in [0.2, 0.25) is 0 Å². The monoisotopic (exact) mass is 224 g/mol. The summed E-state index contributed by atoms with van der Waals surface area (Å²) < 4.78 is 13.3. The first-order valence-corrected chi connectivity index (χ1v) is 6.15. The van der Waals surface area contributed by atoms with Gasteiger partial charge in [0.25, 0.3) is 0 Å². The summed E-state index contributed by atoms with van der Waals surface area (Å²) in [5.41, 5.74) is 0.921. The molecule has 0 bridgehead atoms. The molecule has 0 fully saturated rings. The van der Waals surface area contributed by atoms with Crippen LogP contribution in [0.15, 0.2) is 24.3 Å². The van der Waals surface area contributed by atoms with E-state index < -0.39 is 6.17 Å². The van der Waals surface area contributed by atoms with Crippen molar-refractivity contribution < 1.29 is 9.50 Å². The molecule has 1 rings (SSSR count). The second-order valence-electron chi connectivity index (χ2n) is 4.26. The fraction of sp³-hybridized carbons (Fsp3) is 0.571. The molecule has 16 heavy (non-hydrogen) atoms. The molecular formula is C14H21FO. The van der Waals surface area contributed by atoms with E-state index in [-0.39, 0.29) is 0 Å². The van der Waals surface area contributed by atoms with Crippen LogP contribution >= 0.6 is 0 Å². The van der Waals surface area contributed by atoms with Gasteiger partial charge in [0.1, 0.15) is 11.9 Å². The molecule has 0 saturated carbocycles. The van der Waals surface area contributed by atoms with Gasteiger partial charge >= 0.3 is 0 Å². The number of rotatable bonds is 7. The third-order valence-corrected chi connectivity index (χ3v) is 2.83. The number of aryl methyl sites for hydroxylation is 1. The predicted octanol–water partition coefficient (Wildman–Crippen LogP) is 4.24. The molecule has 0 aliphatic carbocycles. The molecule has 0 heterocycles. The van der Waals surface area contributed by atoms with Crippen molar-refractivity contribution in [2.75, 3.05) is 0 Å². The van der Waals surface area contributed by atoms with E-state index in [0.29, 0.717) is 18.6 Å². The number of unbranched alkanes of at least 4 members (excludes halogenated alkanes) is 1. The highest BCUT2D eigenvalue weighted by Crippen LogP contribution is 2.19. The molecule has 2 heteroatoms. The first kappa shape index (κ1) is 13.0. The van der Waals surface area contributed by atoms with Crippen LogP contribution in [-0.4, -0.2) is 11.3 Å². The predicted molar refractivity (Wildman–Crippen MR) is 65.5 cm³/mol. The Labute approximate surface area is 97.3 Å². The zero-order valence-corrected chi connectivity index (χ0v) is 9.95. The fourth-order valence-corrected chi connectivity index (χ4v) is 1.81. The number of hydrogen-bond donors (Lipinski definition) is 1. The van der Waals surface area contributed by atoms with Crippen molar-refractivity contribution in [3.8, 4) is 5.75 Å². The van der Waals surface area contributed by atoms with Gasteiger partial charge in [-0.05, 0) is 37.3 Å². The summed E-state index contributed by atoms with van der Waals surface area (Å²) in [6, 6.07) is 7.28. The Hall–Kier alpha value is -1.05. The van der Waals surface area contributed by atoms with Crippen LogP contribution in [-0.2, 0) is 6.42 Å². The van der Waals surface area contributed by atoms with E-state index in [1.807, 2.05) is 12.1 Å². The van der Waals surface area contributed by atoms with Gasteiger partial charge < -0.3 is 5.11 Å². The van der Waals surface area contributed by atoms with Gasteiger partial charge in [0.2, 0.25) is 0 Å². The minimum atomic E-state index is -0.675. The Morgan fingerprint density at radius 1 is 1.19 bits per heavy atom. The Bertz CT molecular complexity index is 299. The Kier molecular flexibility index (Phi) is 5.91. The maximum absolute atomic E-state index is 13.3. The number of benzene rings is 1. The van der Waals surface area contributed by atoms with Gasteiger partial charge in [0, 0.05) is 0 Å². The number of hydrogen-bond acceptors (Lipinski definition) is 1. The normalized spacial score (nSPS) is 12.6. The number of aromatic hydroxyl groups is 1. The second-order valence-corrected chi connectivity index (χ2v) is 4.26. The molecule has 0 amide bonds. The number of phenolic OH excluding ortho intramolecular Hbond substituents is 1. The fourth-order valence-electron chi connectivity index (χ4n) is 1.81. The van der Waals surface area contributed by atoms with Crippen LogP contribution in [0.4, 0.5) is 4.39 Å². The van der Waals surface area contributed by atoms with E-state index in [9.17, 15) is 9.50 Å². The maximum atomic E-state index is 13.3. The van der Waals surface area contributed by atoms with Crippen LogP contribution in [0.3, 0.4) is 0 Å². The van der Waals surface area contributed by atoms with Gasteiger partial charge in [-0.25, -0.2) is 4.39 Å². The lowest BCUT2D eigenvalue weighted by molar-refractivity contribution is 0.284.